The van der Waals surface area contributed by atoms with Crippen molar-refractivity contribution in [3.05, 3.63) is 63.7 Å². The van der Waals surface area contributed by atoms with Gasteiger partial charge in [0, 0.05) is 16.1 Å². The average Bonchev–Trinajstić information content (AvgIpc) is 2.49. The molecule has 0 unspecified atom stereocenters. The molecule has 110 valence electrons. The van der Waals surface area contributed by atoms with E-state index in [1.807, 2.05) is 25.1 Å². The minimum atomic E-state index is -0.424. The number of benzene rings is 1. The Hall–Kier alpha value is -2.47. The van der Waals surface area contributed by atoms with Crippen molar-refractivity contribution in [2.45, 2.75) is 6.92 Å². The van der Waals surface area contributed by atoms with Gasteiger partial charge in [0.2, 0.25) is 5.55 Å². The molecule has 3 rings (SSSR count). The number of halogens is 1. The Bertz CT molecular complexity index is 917. The number of fused-ring (bicyclic) bond motifs is 1. The van der Waals surface area contributed by atoms with E-state index < -0.39 is 5.91 Å². The van der Waals surface area contributed by atoms with E-state index in [2.05, 4.69) is 26.2 Å². The van der Waals surface area contributed by atoms with E-state index in [9.17, 15) is 4.79 Å². The van der Waals surface area contributed by atoms with Gasteiger partial charge >= 0.3 is 0 Å². The largest absolute Gasteiger partial charge is 0.438 e. The summed E-state index contributed by atoms with van der Waals surface area (Å²) >= 11 is 3.37. The average molecular weight is 358 g/mol. The maximum absolute atomic E-state index is 12.3. The Labute approximate surface area is 134 Å². The molecule has 5 nitrogen and oxygen atoms in total. The topological polar surface area (TPSA) is 79.0 Å². The van der Waals surface area contributed by atoms with E-state index in [0.717, 1.165) is 15.4 Å². The Morgan fingerprint density at radius 1 is 1.27 bits per heavy atom. The van der Waals surface area contributed by atoms with Crippen LogP contribution in [0.4, 0.5) is 5.82 Å². The molecule has 3 aromatic rings. The Morgan fingerprint density at radius 2 is 2.09 bits per heavy atom. The minimum Gasteiger partial charge on any atom is -0.438 e. The van der Waals surface area contributed by atoms with Gasteiger partial charge in [0.25, 0.3) is 5.91 Å². The van der Waals surface area contributed by atoms with Crippen LogP contribution in [0.25, 0.3) is 11.0 Å². The van der Waals surface area contributed by atoms with E-state index in [-0.39, 0.29) is 11.1 Å². The van der Waals surface area contributed by atoms with Crippen molar-refractivity contribution in [2.24, 2.45) is 0 Å². The highest BCUT2D eigenvalue weighted by Gasteiger charge is 2.12. The second-order valence-corrected chi connectivity index (χ2v) is 5.76. The van der Waals surface area contributed by atoms with Crippen LogP contribution in [0, 0.1) is 12.3 Å². The van der Waals surface area contributed by atoms with Gasteiger partial charge in [-0.25, -0.2) is 4.98 Å². The molecule has 0 saturated heterocycles. The van der Waals surface area contributed by atoms with Gasteiger partial charge in [0.1, 0.15) is 17.0 Å². The van der Waals surface area contributed by atoms with Crippen LogP contribution in [0.1, 0.15) is 15.9 Å². The van der Waals surface area contributed by atoms with Gasteiger partial charge in [-0.1, -0.05) is 22.0 Å². The molecule has 0 aliphatic rings. The lowest BCUT2D eigenvalue weighted by molar-refractivity contribution is 0.102. The molecule has 0 spiro atoms. The summed E-state index contributed by atoms with van der Waals surface area (Å²) in [5, 5.41) is 11.3. The normalized spacial score (nSPS) is 10.6. The highest BCUT2D eigenvalue weighted by Crippen LogP contribution is 2.19. The van der Waals surface area contributed by atoms with Crippen LogP contribution in [0.15, 0.2) is 51.5 Å². The molecule has 2 heterocycles. The zero-order valence-electron chi connectivity index (χ0n) is 11.7. The Balaban J connectivity index is 1.98. The summed E-state index contributed by atoms with van der Waals surface area (Å²) in [6.45, 7) is 1.92. The van der Waals surface area contributed by atoms with Crippen molar-refractivity contribution < 1.29 is 9.21 Å². The molecule has 22 heavy (non-hydrogen) atoms. The smallest absolute Gasteiger partial charge is 0.262 e. The van der Waals surface area contributed by atoms with Crippen molar-refractivity contribution in [1.82, 2.24) is 4.98 Å². The van der Waals surface area contributed by atoms with E-state index in [1.165, 1.54) is 0 Å². The quantitative estimate of drug-likeness (QED) is 0.734. The molecule has 0 bridgehead atoms. The molecule has 0 atom stereocenters. The number of carbonyl (C=O) groups excluding carboxylic acids is 1. The maximum atomic E-state index is 12.3. The number of carbonyl (C=O) groups is 1. The molecule has 2 aromatic heterocycles. The first-order chi connectivity index (χ1) is 10.5. The SMILES string of the molecule is Cc1ccc(NC(=O)c2cc3cc(Br)ccc3oc2=N)nc1. The molecule has 6 heteroatoms. The van der Waals surface area contributed by atoms with Gasteiger partial charge in [-0.15, -0.1) is 0 Å². The van der Waals surface area contributed by atoms with Gasteiger partial charge in [-0.2, -0.15) is 0 Å². The van der Waals surface area contributed by atoms with E-state index in [0.29, 0.717) is 11.4 Å². The fourth-order valence-electron chi connectivity index (χ4n) is 2.01. The fourth-order valence-corrected chi connectivity index (χ4v) is 2.38. The lowest BCUT2D eigenvalue weighted by Crippen LogP contribution is -2.21. The maximum Gasteiger partial charge on any atom is 0.262 e. The third kappa shape index (κ3) is 2.92. The highest BCUT2D eigenvalue weighted by atomic mass is 79.9. The van der Waals surface area contributed by atoms with Crippen LogP contribution in [-0.4, -0.2) is 10.9 Å². The van der Waals surface area contributed by atoms with Crippen LogP contribution < -0.4 is 10.9 Å². The van der Waals surface area contributed by atoms with Crippen LogP contribution >= 0.6 is 15.9 Å². The lowest BCUT2D eigenvalue weighted by Gasteiger charge is -2.06. The van der Waals surface area contributed by atoms with Crippen molar-refractivity contribution in [3.8, 4) is 0 Å². The standard InChI is InChI=1S/C16H12BrN3O2/c1-9-2-5-14(19-8-9)20-16(21)12-7-10-6-11(17)3-4-13(10)22-15(12)18/h2-8,18H,1H3,(H,19,20,21). The molecule has 1 amide bonds. The van der Waals surface area contributed by atoms with Crippen molar-refractivity contribution in [3.63, 3.8) is 0 Å². The molecular weight excluding hydrogens is 346 g/mol. The van der Waals surface area contributed by atoms with Gasteiger partial charge in [-0.05, 0) is 42.8 Å². The summed E-state index contributed by atoms with van der Waals surface area (Å²) in [5.74, 6) is 0.0105. The summed E-state index contributed by atoms with van der Waals surface area (Å²) in [5.41, 5.74) is 1.54. The number of rotatable bonds is 2. The van der Waals surface area contributed by atoms with E-state index in [1.54, 1.807) is 24.4 Å². The number of hydrogen-bond donors (Lipinski definition) is 2. The fraction of sp³-hybridized carbons (Fsp3) is 0.0625. The summed E-state index contributed by atoms with van der Waals surface area (Å²) in [4.78, 5) is 16.4. The molecule has 0 saturated carbocycles. The predicted molar refractivity (Wildman–Crippen MR) is 86.7 cm³/mol. The molecular formula is C16H12BrN3O2. The number of nitrogens with one attached hydrogen (secondary N) is 2. The number of amides is 1. The van der Waals surface area contributed by atoms with Crippen molar-refractivity contribution in [1.29, 1.82) is 5.41 Å². The Morgan fingerprint density at radius 3 is 2.82 bits per heavy atom. The summed E-state index contributed by atoms with van der Waals surface area (Å²) < 4.78 is 6.26. The second-order valence-electron chi connectivity index (χ2n) is 4.85. The Kier molecular flexibility index (Phi) is 3.77. The number of nitrogens with zero attached hydrogens (tertiary/aromatic N) is 1. The van der Waals surface area contributed by atoms with Crippen LogP contribution in [0.2, 0.25) is 0 Å². The molecule has 1 aromatic carbocycles. The molecule has 0 radical (unpaired) electrons. The number of hydrogen-bond acceptors (Lipinski definition) is 4. The van der Waals surface area contributed by atoms with Crippen molar-refractivity contribution >= 4 is 38.6 Å². The first-order valence-electron chi connectivity index (χ1n) is 6.55. The number of pyridine rings is 1. The first kappa shape index (κ1) is 14.5. The minimum absolute atomic E-state index is 0.160. The molecule has 0 aliphatic heterocycles. The monoisotopic (exact) mass is 357 g/mol. The van der Waals surface area contributed by atoms with Gasteiger partial charge in [0.05, 0.1) is 0 Å². The molecule has 2 N–H and O–H groups in total. The summed E-state index contributed by atoms with van der Waals surface area (Å²) in [7, 11) is 0. The number of aromatic nitrogens is 1. The molecule has 0 aliphatic carbocycles. The predicted octanol–water partition coefficient (Wildman–Crippen LogP) is 3.63. The third-order valence-corrected chi connectivity index (χ3v) is 3.62. The zero-order chi connectivity index (χ0) is 15.7. The van der Waals surface area contributed by atoms with Gasteiger partial charge in [-0.3, -0.25) is 10.2 Å². The second kappa shape index (κ2) is 5.73. The van der Waals surface area contributed by atoms with Gasteiger partial charge in [0.15, 0.2) is 0 Å². The van der Waals surface area contributed by atoms with Crippen molar-refractivity contribution in [2.75, 3.05) is 5.32 Å². The third-order valence-electron chi connectivity index (χ3n) is 3.13. The van der Waals surface area contributed by atoms with Gasteiger partial charge < -0.3 is 9.73 Å². The number of anilines is 1. The first-order valence-corrected chi connectivity index (χ1v) is 7.34. The number of aryl methyl sites for hydroxylation is 1. The van der Waals surface area contributed by atoms with Crippen LogP contribution in [0.3, 0.4) is 0 Å². The zero-order valence-corrected chi connectivity index (χ0v) is 13.3. The van der Waals surface area contributed by atoms with Crippen LogP contribution in [0.5, 0.6) is 0 Å². The van der Waals surface area contributed by atoms with Crippen LogP contribution in [-0.2, 0) is 0 Å². The van der Waals surface area contributed by atoms with E-state index >= 15 is 0 Å². The summed E-state index contributed by atoms with van der Waals surface area (Å²) in [6, 6.07) is 10.6. The highest BCUT2D eigenvalue weighted by molar-refractivity contribution is 9.10. The van der Waals surface area contributed by atoms with E-state index in [4.69, 9.17) is 9.83 Å². The molecule has 0 fully saturated rings. The summed E-state index contributed by atoms with van der Waals surface area (Å²) in [6.07, 6.45) is 1.67. The lowest BCUT2D eigenvalue weighted by atomic mass is 10.2.